The number of aryl methyl sites for hydroxylation is 1. The molecule has 1 aliphatic heterocycles. The molecule has 0 radical (unpaired) electrons. The Labute approximate surface area is 198 Å². The van der Waals surface area contributed by atoms with Gasteiger partial charge in [-0.2, -0.15) is 5.10 Å². The molecule has 3 heterocycles. The van der Waals surface area contributed by atoms with Gasteiger partial charge in [0.25, 0.3) is 0 Å². The number of anilines is 1. The topological polar surface area (TPSA) is 98.3 Å². The van der Waals surface area contributed by atoms with E-state index in [0.717, 1.165) is 74.4 Å². The van der Waals surface area contributed by atoms with Crippen molar-refractivity contribution in [1.82, 2.24) is 19.7 Å². The van der Waals surface area contributed by atoms with Gasteiger partial charge in [0.1, 0.15) is 11.6 Å². The predicted molar refractivity (Wildman–Crippen MR) is 129 cm³/mol. The van der Waals surface area contributed by atoms with Gasteiger partial charge in [-0.1, -0.05) is 18.2 Å². The second-order valence-electron chi connectivity index (χ2n) is 8.58. The average Bonchev–Trinajstić information content (AvgIpc) is 3.56. The van der Waals surface area contributed by atoms with Crippen molar-refractivity contribution in [2.45, 2.75) is 31.6 Å². The molecule has 2 aromatic heterocycles. The first kappa shape index (κ1) is 23.8. The van der Waals surface area contributed by atoms with Gasteiger partial charge in [0.2, 0.25) is 0 Å². The van der Waals surface area contributed by atoms with Crippen LogP contribution < -0.4 is 11.1 Å². The van der Waals surface area contributed by atoms with Gasteiger partial charge in [-0.25, -0.2) is 13.9 Å². The molecule has 0 bridgehead atoms. The zero-order chi connectivity index (χ0) is 23.9. The van der Waals surface area contributed by atoms with E-state index in [4.69, 9.17) is 10.5 Å². The second-order valence-corrected chi connectivity index (χ2v) is 8.58. The number of methoxy groups -OCH3 is 1. The number of rotatable bonds is 6. The van der Waals surface area contributed by atoms with Gasteiger partial charge >= 0.3 is 6.03 Å². The van der Waals surface area contributed by atoms with Crippen molar-refractivity contribution in [3.05, 3.63) is 71.4 Å². The number of primary amides is 1. The molecule has 8 nitrogen and oxygen atoms in total. The zero-order valence-electron chi connectivity index (χ0n) is 19.4. The van der Waals surface area contributed by atoms with Crippen LogP contribution in [0.15, 0.2) is 48.8 Å². The van der Waals surface area contributed by atoms with Crippen LogP contribution in [0.5, 0.6) is 0 Å². The summed E-state index contributed by atoms with van der Waals surface area (Å²) in [7, 11) is 1.71. The van der Waals surface area contributed by atoms with Crippen molar-refractivity contribution >= 4 is 11.8 Å². The number of hydrogen-bond donors (Lipinski definition) is 2. The number of carbonyl (C=O) groups excluding carboxylic acids is 1. The Morgan fingerprint density at radius 1 is 1.26 bits per heavy atom. The largest absolute Gasteiger partial charge is 0.383 e. The highest BCUT2D eigenvalue weighted by atomic mass is 19.1. The van der Waals surface area contributed by atoms with Crippen LogP contribution in [0.4, 0.5) is 15.0 Å². The number of amides is 2. The predicted octanol–water partition coefficient (Wildman–Crippen LogP) is 3.51. The molecule has 1 aliphatic carbocycles. The third-order valence-electron chi connectivity index (χ3n) is 6.23. The van der Waals surface area contributed by atoms with Crippen molar-refractivity contribution in [2.75, 3.05) is 38.7 Å². The number of para-hydroxylation sites is 1. The molecular weight excluding hydrogens is 435 g/mol. The highest BCUT2D eigenvalue weighted by molar-refractivity contribution is 5.88. The number of aromatic nitrogens is 3. The molecule has 0 saturated carbocycles. The molecule has 1 atom stereocenters. The lowest BCUT2D eigenvalue weighted by Crippen LogP contribution is -2.24. The summed E-state index contributed by atoms with van der Waals surface area (Å²) in [5.41, 5.74) is 9.34. The summed E-state index contributed by atoms with van der Waals surface area (Å²) in [4.78, 5) is 17.4. The third-order valence-corrected chi connectivity index (χ3v) is 6.23. The van der Waals surface area contributed by atoms with E-state index in [9.17, 15) is 9.18 Å². The average molecular weight is 467 g/mol. The molecule has 1 aromatic carbocycles. The fourth-order valence-electron chi connectivity index (χ4n) is 4.57. The number of halogens is 1. The highest BCUT2D eigenvalue weighted by Gasteiger charge is 2.24. The molecular formula is C25H31FN6O2. The van der Waals surface area contributed by atoms with Gasteiger partial charge in [0.15, 0.2) is 0 Å². The minimum absolute atomic E-state index is 0.243. The van der Waals surface area contributed by atoms with Gasteiger partial charge in [-0.05, 0) is 61.9 Å². The molecule has 2 aliphatic rings. The molecule has 34 heavy (non-hydrogen) atoms. The van der Waals surface area contributed by atoms with E-state index in [-0.39, 0.29) is 5.82 Å². The first-order chi connectivity index (χ1) is 16.5. The summed E-state index contributed by atoms with van der Waals surface area (Å²) in [6.45, 7) is 3.75. The SMILES string of the molecule is COCCN1CCC(c2cncc(F)c2)C1.NC(=O)Nc1c2c(nn1-c1ccccc1)CCC2. The third kappa shape index (κ3) is 5.78. The van der Waals surface area contributed by atoms with Gasteiger partial charge in [0, 0.05) is 32.0 Å². The lowest BCUT2D eigenvalue weighted by Gasteiger charge is -2.15. The van der Waals surface area contributed by atoms with Gasteiger partial charge in [0.05, 0.1) is 24.2 Å². The number of ether oxygens (including phenoxy) is 1. The number of nitrogens with two attached hydrogens (primary N) is 1. The maximum atomic E-state index is 13.0. The van der Waals surface area contributed by atoms with E-state index < -0.39 is 6.03 Å². The van der Waals surface area contributed by atoms with E-state index in [1.54, 1.807) is 24.1 Å². The minimum atomic E-state index is -0.554. The zero-order valence-corrected chi connectivity index (χ0v) is 19.4. The number of urea groups is 1. The Balaban J connectivity index is 0.000000162. The van der Waals surface area contributed by atoms with Gasteiger partial charge in [-0.15, -0.1) is 0 Å². The van der Waals surface area contributed by atoms with Crippen molar-refractivity contribution < 1.29 is 13.9 Å². The number of hydrogen-bond acceptors (Lipinski definition) is 5. The van der Waals surface area contributed by atoms with Crippen LogP contribution in [0.25, 0.3) is 5.69 Å². The van der Waals surface area contributed by atoms with E-state index >= 15 is 0 Å². The molecule has 3 aromatic rings. The van der Waals surface area contributed by atoms with Crippen LogP contribution in [0.3, 0.4) is 0 Å². The second kappa shape index (κ2) is 11.2. The number of carbonyl (C=O) groups is 1. The van der Waals surface area contributed by atoms with Crippen LogP contribution in [0.2, 0.25) is 0 Å². The molecule has 1 fully saturated rings. The molecule has 9 heteroatoms. The minimum Gasteiger partial charge on any atom is -0.383 e. The number of likely N-dealkylation sites (tertiary alicyclic amines) is 1. The summed E-state index contributed by atoms with van der Waals surface area (Å²) >= 11 is 0. The fraction of sp³-hybridized carbons (Fsp3) is 0.400. The Morgan fingerprint density at radius 3 is 2.82 bits per heavy atom. The molecule has 0 spiro atoms. The lowest BCUT2D eigenvalue weighted by atomic mass is 10.0. The highest BCUT2D eigenvalue weighted by Crippen LogP contribution is 2.30. The number of fused-ring (bicyclic) bond motifs is 1. The molecule has 2 amide bonds. The Hall–Kier alpha value is -3.30. The maximum absolute atomic E-state index is 13.0. The molecule has 5 rings (SSSR count). The summed E-state index contributed by atoms with van der Waals surface area (Å²) in [6.07, 6.45) is 7.09. The van der Waals surface area contributed by atoms with Crippen LogP contribution in [0.1, 0.15) is 35.6 Å². The van der Waals surface area contributed by atoms with E-state index in [1.807, 2.05) is 30.3 Å². The first-order valence-corrected chi connectivity index (χ1v) is 11.6. The Kier molecular flexibility index (Phi) is 7.87. The molecule has 3 N–H and O–H groups in total. The summed E-state index contributed by atoms with van der Waals surface area (Å²) in [5.74, 6) is 0.883. The Morgan fingerprint density at radius 2 is 2.09 bits per heavy atom. The van der Waals surface area contributed by atoms with Crippen molar-refractivity contribution in [1.29, 1.82) is 0 Å². The van der Waals surface area contributed by atoms with E-state index in [0.29, 0.717) is 11.7 Å². The van der Waals surface area contributed by atoms with E-state index in [2.05, 4.69) is 20.3 Å². The number of benzene rings is 1. The van der Waals surface area contributed by atoms with Gasteiger partial charge in [-0.3, -0.25) is 10.3 Å². The molecule has 180 valence electrons. The summed E-state index contributed by atoms with van der Waals surface area (Å²) < 4.78 is 19.8. The quantitative estimate of drug-likeness (QED) is 0.579. The van der Waals surface area contributed by atoms with Crippen LogP contribution >= 0.6 is 0 Å². The summed E-state index contributed by atoms with van der Waals surface area (Å²) in [5, 5.41) is 7.25. The van der Waals surface area contributed by atoms with Crippen LogP contribution in [0, 0.1) is 5.82 Å². The fourth-order valence-corrected chi connectivity index (χ4v) is 4.57. The monoisotopic (exact) mass is 466 g/mol. The standard InChI is InChI=1S/C13H14N4O.C12H17FN2O/c14-13(18)15-12-10-7-4-8-11(10)16-17(12)9-5-2-1-3-6-9;1-16-5-4-15-3-2-10(9-15)11-6-12(13)8-14-7-11/h1-3,5-6H,4,7-8H2,(H3,14,15,18);6-8,10H,2-5,9H2,1H3. The number of nitrogens with zero attached hydrogens (tertiary/aromatic N) is 4. The van der Waals surface area contributed by atoms with Gasteiger partial charge < -0.3 is 15.4 Å². The maximum Gasteiger partial charge on any atom is 0.317 e. The van der Waals surface area contributed by atoms with E-state index in [1.165, 1.54) is 6.20 Å². The molecule has 1 saturated heterocycles. The normalized spacial score (nSPS) is 17.2. The van der Waals surface area contributed by atoms with Crippen molar-refractivity contribution in [2.24, 2.45) is 5.73 Å². The Bertz CT molecular complexity index is 1100. The number of pyridine rings is 1. The lowest BCUT2D eigenvalue weighted by molar-refractivity contribution is 0.160. The smallest absolute Gasteiger partial charge is 0.317 e. The first-order valence-electron chi connectivity index (χ1n) is 11.6. The molecule has 1 unspecified atom stereocenters. The van der Waals surface area contributed by atoms with Crippen LogP contribution in [-0.2, 0) is 17.6 Å². The van der Waals surface area contributed by atoms with Crippen molar-refractivity contribution in [3.63, 3.8) is 0 Å². The summed E-state index contributed by atoms with van der Waals surface area (Å²) in [6, 6.07) is 10.8. The van der Waals surface area contributed by atoms with Crippen molar-refractivity contribution in [3.8, 4) is 5.69 Å². The van der Waals surface area contributed by atoms with Crippen LogP contribution in [-0.4, -0.2) is 59.0 Å². The number of nitrogens with one attached hydrogen (secondary N) is 1.